The zero-order valence-corrected chi connectivity index (χ0v) is 5.42. The van der Waals surface area contributed by atoms with Gasteiger partial charge in [-0.25, -0.2) is 4.79 Å². The molecule has 0 saturated carbocycles. The molecule has 0 bridgehead atoms. The lowest BCUT2D eigenvalue weighted by atomic mass is 10.4. The van der Waals surface area contributed by atoms with Crippen LogP contribution in [-0.4, -0.2) is 23.4 Å². The number of hydrogen-bond donors (Lipinski definition) is 1. The van der Waals surface area contributed by atoms with Gasteiger partial charge >= 0.3 is 5.97 Å². The van der Waals surface area contributed by atoms with Gasteiger partial charge in [0, 0.05) is 0 Å². The van der Waals surface area contributed by atoms with Crippen molar-refractivity contribution in [2.24, 2.45) is 5.16 Å². The molecule has 0 aromatic carbocycles. The molecule has 52 valence electrons. The van der Waals surface area contributed by atoms with Crippen molar-refractivity contribution in [2.45, 2.75) is 13.8 Å². The van der Waals surface area contributed by atoms with Crippen LogP contribution in [0.15, 0.2) is 5.16 Å². The minimum atomic E-state index is -1.05. The molecule has 0 rings (SSSR count). The Hall–Kier alpha value is -1.06. The highest BCUT2D eigenvalue weighted by Gasteiger charge is 1.99. The third kappa shape index (κ3) is 3.52. The van der Waals surface area contributed by atoms with E-state index in [4.69, 9.17) is 5.11 Å². The van der Waals surface area contributed by atoms with Crippen LogP contribution in [0.25, 0.3) is 0 Å². The predicted molar refractivity (Wildman–Crippen MR) is 32.4 cm³/mol. The zero-order valence-electron chi connectivity index (χ0n) is 5.42. The van der Waals surface area contributed by atoms with Crippen LogP contribution in [0.5, 0.6) is 0 Å². The van der Waals surface area contributed by atoms with Crippen LogP contribution in [0.1, 0.15) is 13.8 Å². The first kappa shape index (κ1) is 7.94. The van der Waals surface area contributed by atoms with Crippen LogP contribution in [0.3, 0.4) is 0 Å². The van der Waals surface area contributed by atoms with Gasteiger partial charge in [-0.3, -0.25) is 0 Å². The van der Waals surface area contributed by atoms with Gasteiger partial charge in [-0.15, -0.1) is 0 Å². The maximum atomic E-state index is 9.99. The average molecular weight is 131 g/mol. The van der Waals surface area contributed by atoms with Crippen LogP contribution in [0, 0.1) is 0 Å². The lowest BCUT2D eigenvalue weighted by Gasteiger charge is -1.91. The quantitative estimate of drug-likeness (QED) is 0.447. The Kier molecular flexibility index (Phi) is 3.43. The summed E-state index contributed by atoms with van der Waals surface area (Å²) in [5.74, 6) is -1.05. The van der Waals surface area contributed by atoms with Gasteiger partial charge in [0.1, 0.15) is 6.61 Å². The van der Waals surface area contributed by atoms with Gasteiger partial charge in [0.05, 0.1) is 0 Å². The average Bonchev–Trinajstić information content (AvgIpc) is 1.82. The van der Waals surface area contributed by atoms with Crippen LogP contribution in [0.4, 0.5) is 0 Å². The highest BCUT2D eigenvalue weighted by Crippen LogP contribution is 1.79. The molecule has 0 unspecified atom stereocenters. The van der Waals surface area contributed by atoms with E-state index in [-0.39, 0.29) is 5.71 Å². The first-order valence-electron chi connectivity index (χ1n) is 2.58. The number of carboxylic acid groups (broad SMARTS) is 1. The summed E-state index contributed by atoms with van der Waals surface area (Å²) in [6.45, 7) is 3.50. The van der Waals surface area contributed by atoms with Crippen molar-refractivity contribution >= 4 is 11.7 Å². The van der Waals surface area contributed by atoms with Crippen molar-refractivity contribution in [3.05, 3.63) is 0 Å². The number of carboxylic acids is 1. The third-order valence-electron chi connectivity index (χ3n) is 0.640. The van der Waals surface area contributed by atoms with Gasteiger partial charge < -0.3 is 9.94 Å². The molecule has 0 spiro atoms. The molecule has 0 aliphatic heterocycles. The molecule has 0 aliphatic carbocycles. The van der Waals surface area contributed by atoms with Crippen molar-refractivity contribution in [1.82, 2.24) is 0 Å². The lowest BCUT2D eigenvalue weighted by molar-refractivity contribution is -0.129. The van der Waals surface area contributed by atoms with Crippen LogP contribution >= 0.6 is 0 Å². The molecule has 1 N–H and O–H groups in total. The fraction of sp³-hybridized carbons (Fsp3) is 0.600. The maximum absolute atomic E-state index is 9.99. The Morgan fingerprint density at radius 2 is 2.33 bits per heavy atom. The van der Waals surface area contributed by atoms with Crippen molar-refractivity contribution in [3.63, 3.8) is 0 Å². The minimum Gasteiger partial charge on any atom is -0.477 e. The Bertz CT molecular complexity index is 130. The molecule has 0 radical (unpaired) electrons. The SMILES string of the molecule is CCON=C(C)C(=O)O. The smallest absolute Gasteiger partial charge is 0.353 e. The fourth-order valence-electron chi connectivity index (χ4n) is 0.200. The summed E-state index contributed by atoms with van der Waals surface area (Å²) in [4.78, 5) is 14.5. The van der Waals surface area contributed by atoms with Crippen LogP contribution < -0.4 is 0 Å². The van der Waals surface area contributed by atoms with Crippen molar-refractivity contribution in [1.29, 1.82) is 0 Å². The summed E-state index contributed by atoms with van der Waals surface area (Å²) >= 11 is 0. The lowest BCUT2D eigenvalue weighted by Crippen LogP contribution is -2.08. The van der Waals surface area contributed by atoms with E-state index in [0.717, 1.165) is 0 Å². The first-order valence-corrected chi connectivity index (χ1v) is 2.58. The molecule has 0 heterocycles. The number of hydrogen-bond acceptors (Lipinski definition) is 3. The standard InChI is InChI=1S/C5H9NO3/c1-3-9-6-4(2)5(7)8/h3H2,1-2H3,(H,7,8). The zero-order chi connectivity index (χ0) is 7.28. The molecule has 0 fully saturated rings. The summed E-state index contributed by atoms with van der Waals surface area (Å²) in [5.41, 5.74) is -0.0307. The molecule has 0 amide bonds. The van der Waals surface area contributed by atoms with Crippen molar-refractivity contribution in [3.8, 4) is 0 Å². The van der Waals surface area contributed by atoms with Crippen LogP contribution in [0.2, 0.25) is 0 Å². The first-order chi connectivity index (χ1) is 4.18. The van der Waals surface area contributed by atoms with Crippen LogP contribution in [-0.2, 0) is 9.63 Å². The number of carbonyl (C=O) groups is 1. The van der Waals surface area contributed by atoms with E-state index in [2.05, 4.69) is 9.99 Å². The van der Waals surface area contributed by atoms with Gasteiger partial charge in [0.25, 0.3) is 0 Å². The van der Waals surface area contributed by atoms with Gasteiger partial charge in [-0.05, 0) is 13.8 Å². The Balaban J connectivity index is 3.69. The molecule has 0 aromatic rings. The van der Waals surface area contributed by atoms with E-state index in [1.807, 2.05) is 0 Å². The van der Waals surface area contributed by atoms with Gasteiger partial charge in [0.15, 0.2) is 5.71 Å². The summed E-state index contributed by atoms with van der Waals surface area (Å²) in [6.07, 6.45) is 0. The van der Waals surface area contributed by atoms with E-state index in [1.54, 1.807) is 6.92 Å². The molecule has 0 aromatic heterocycles. The van der Waals surface area contributed by atoms with Gasteiger partial charge in [-0.2, -0.15) is 0 Å². The fourth-order valence-corrected chi connectivity index (χ4v) is 0.200. The van der Waals surface area contributed by atoms with E-state index >= 15 is 0 Å². The Labute approximate surface area is 53.1 Å². The van der Waals surface area contributed by atoms with E-state index in [0.29, 0.717) is 6.61 Å². The van der Waals surface area contributed by atoms with Gasteiger partial charge in [0.2, 0.25) is 0 Å². The second kappa shape index (κ2) is 3.88. The molecule has 0 aliphatic rings. The molecule has 9 heavy (non-hydrogen) atoms. The van der Waals surface area contributed by atoms with E-state index in [1.165, 1.54) is 6.92 Å². The maximum Gasteiger partial charge on any atom is 0.353 e. The molecule has 0 saturated heterocycles. The minimum absolute atomic E-state index is 0.0307. The topological polar surface area (TPSA) is 58.9 Å². The molecule has 4 nitrogen and oxygen atoms in total. The molecular weight excluding hydrogens is 122 g/mol. The van der Waals surface area contributed by atoms with Crippen molar-refractivity contribution in [2.75, 3.05) is 6.61 Å². The summed E-state index contributed by atoms with van der Waals surface area (Å²) < 4.78 is 0. The summed E-state index contributed by atoms with van der Waals surface area (Å²) in [6, 6.07) is 0. The predicted octanol–water partition coefficient (Wildman–Crippen LogP) is 0.483. The molecule has 4 heteroatoms. The highest BCUT2D eigenvalue weighted by molar-refractivity contribution is 6.34. The Morgan fingerprint density at radius 3 is 2.67 bits per heavy atom. The molecule has 0 atom stereocenters. The van der Waals surface area contributed by atoms with Gasteiger partial charge in [-0.1, -0.05) is 5.16 Å². The van der Waals surface area contributed by atoms with Crippen molar-refractivity contribution < 1.29 is 14.7 Å². The van der Waals surface area contributed by atoms with E-state index in [9.17, 15) is 4.79 Å². The monoisotopic (exact) mass is 131 g/mol. The normalized spacial score (nSPS) is 11.1. The number of nitrogens with zero attached hydrogens (tertiary/aromatic N) is 1. The second-order valence-electron chi connectivity index (χ2n) is 1.40. The number of oxime groups is 1. The summed E-state index contributed by atoms with van der Waals surface area (Å²) in [5, 5.41) is 11.5. The molecular formula is C5H9NO3. The second-order valence-corrected chi connectivity index (χ2v) is 1.40. The highest BCUT2D eigenvalue weighted by atomic mass is 16.6. The number of aliphatic carboxylic acids is 1. The van der Waals surface area contributed by atoms with E-state index < -0.39 is 5.97 Å². The third-order valence-corrected chi connectivity index (χ3v) is 0.640. The summed E-state index contributed by atoms with van der Waals surface area (Å²) in [7, 11) is 0. The Morgan fingerprint density at radius 1 is 1.78 bits per heavy atom. The number of rotatable bonds is 3. The largest absolute Gasteiger partial charge is 0.477 e.